The predicted molar refractivity (Wildman–Crippen MR) is 126 cm³/mol. The summed E-state index contributed by atoms with van der Waals surface area (Å²) in [7, 11) is 4.52. The van der Waals surface area contributed by atoms with E-state index in [9.17, 15) is 4.79 Å². The van der Waals surface area contributed by atoms with Crippen LogP contribution in [-0.2, 0) is 4.74 Å². The first-order chi connectivity index (χ1) is 15.9. The van der Waals surface area contributed by atoms with E-state index in [1.165, 1.54) is 32.7 Å². The summed E-state index contributed by atoms with van der Waals surface area (Å²) in [6.07, 6.45) is -0.816. The number of aromatic nitrogens is 2. The van der Waals surface area contributed by atoms with Crippen LogP contribution in [-0.4, -0.2) is 37.3 Å². The molecule has 0 fully saturated rings. The average molecular weight is 485 g/mol. The van der Waals surface area contributed by atoms with Crippen LogP contribution in [0, 0.1) is 6.92 Å². The first-order valence-electron chi connectivity index (χ1n) is 9.94. The van der Waals surface area contributed by atoms with Crippen molar-refractivity contribution in [3.8, 4) is 33.4 Å². The Morgan fingerprint density at radius 2 is 1.64 bits per heavy atom. The molecule has 0 aliphatic rings. The third-order valence-electron chi connectivity index (χ3n) is 5.04. The van der Waals surface area contributed by atoms with Crippen molar-refractivity contribution in [1.29, 1.82) is 0 Å². The minimum absolute atomic E-state index is 0.175. The van der Waals surface area contributed by atoms with E-state index in [4.69, 9.17) is 30.2 Å². The fourth-order valence-electron chi connectivity index (χ4n) is 3.37. The molecule has 0 saturated carbocycles. The number of rotatable bonds is 8. The number of aryl methyl sites for hydroxylation is 1. The zero-order valence-corrected chi connectivity index (χ0v) is 20.0. The lowest BCUT2D eigenvalue weighted by atomic mass is 10.0. The molecular formula is C24H21ClN2O5S. The third-order valence-corrected chi connectivity index (χ3v) is 6.30. The summed E-state index contributed by atoms with van der Waals surface area (Å²) in [6.45, 7) is 1.91. The summed E-state index contributed by atoms with van der Waals surface area (Å²) < 4.78 is 22.0. The molecule has 4 aromatic rings. The van der Waals surface area contributed by atoms with Gasteiger partial charge in [-0.15, -0.1) is 10.2 Å². The minimum atomic E-state index is -0.816. The number of carbonyl (C=O) groups excluding carboxylic acids is 1. The maximum Gasteiger partial charge on any atom is 0.231 e. The van der Waals surface area contributed by atoms with Crippen LogP contribution in [0.1, 0.15) is 27.2 Å². The van der Waals surface area contributed by atoms with E-state index in [0.717, 1.165) is 15.6 Å². The molecule has 1 unspecified atom stereocenters. The Kier molecular flexibility index (Phi) is 6.78. The van der Waals surface area contributed by atoms with Gasteiger partial charge in [-0.25, -0.2) is 0 Å². The van der Waals surface area contributed by atoms with Crippen molar-refractivity contribution in [2.45, 2.75) is 13.0 Å². The summed E-state index contributed by atoms with van der Waals surface area (Å²) in [6, 6.07) is 14.3. The third kappa shape index (κ3) is 4.64. The van der Waals surface area contributed by atoms with Crippen LogP contribution in [0.5, 0.6) is 11.5 Å². The Morgan fingerprint density at radius 3 is 2.18 bits per heavy atom. The molecule has 0 bridgehead atoms. The molecule has 1 atom stereocenters. The lowest BCUT2D eigenvalue weighted by molar-refractivity contribution is 0.0577. The molecule has 7 nitrogen and oxygen atoms in total. The van der Waals surface area contributed by atoms with Crippen LogP contribution in [0.25, 0.3) is 21.9 Å². The molecule has 9 heteroatoms. The van der Waals surface area contributed by atoms with Crippen molar-refractivity contribution in [3.63, 3.8) is 0 Å². The molecule has 0 aliphatic heterocycles. The molecule has 0 N–H and O–H groups in total. The Labute approximate surface area is 199 Å². The highest BCUT2D eigenvalue weighted by Crippen LogP contribution is 2.39. The van der Waals surface area contributed by atoms with Crippen LogP contribution in [0.3, 0.4) is 0 Å². The molecule has 0 saturated heterocycles. The number of hydrogen-bond acceptors (Lipinski definition) is 8. The number of ether oxygens (including phenoxy) is 3. The molecule has 0 aliphatic carbocycles. The second kappa shape index (κ2) is 9.74. The highest BCUT2D eigenvalue weighted by molar-refractivity contribution is 7.14. The van der Waals surface area contributed by atoms with Gasteiger partial charge in [-0.05, 0) is 36.8 Å². The number of benzene rings is 2. The molecule has 0 radical (unpaired) electrons. The van der Waals surface area contributed by atoms with Gasteiger partial charge in [0.15, 0.2) is 5.76 Å². The molecule has 170 valence electrons. The summed E-state index contributed by atoms with van der Waals surface area (Å²) in [5, 5.41) is 10.3. The number of nitrogens with zero attached hydrogens (tertiary/aromatic N) is 2. The topological polar surface area (TPSA) is 83.7 Å². The molecule has 4 rings (SSSR count). The van der Waals surface area contributed by atoms with Gasteiger partial charge < -0.3 is 18.6 Å². The largest absolute Gasteiger partial charge is 0.495 e. The normalized spacial score (nSPS) is 11.9. The molecule has 2 aromatic heterocycles. The standard InChI is InChI=1S/C24H21ClN2O5S/c1-13-26-27-24(33-13)15-7-5-14(6-8-15)23(31-4)22(28)18-10-9-17(32-18)16-11-19(29-2)21(25)20(12-16)30-3/h5-12,23H,1-4H3. The lowest BCUT2D eigenvalue weighted by Gasteiger charge is -2.13. The van der Waals surface area contributed by atoms with Crippen molar-refractivity contribution in [2.75, 3.05) is 21.3 Å². The fourth-order valence-corrected chi connectivity index (χ4v) is 4.33. The number of methoxy groups -OCH3 is 3. The zero-order valence-electron chi connectivity index (χ0n) is 18.4. The first-order valence-corrected chi connectivity index (χ1v) is 11.1. The van der Waals surface area contributed by atoms with E-state index in [0.29, 0.717) is 33.4 Å². The number of Topliss-reactive ketones (excluding diaryl/α,β-unsaturated/α-hetero) is 1. The number of halogens is 1. The van der Waals surface area contributed by atoms with Gasteiger partial charge in [-0.3, -0.25) is 4.79 Å². The second-order valence-corrected chi connectivity index (χ2v) is 8.65. The van der Waals surface area contributed by atoms with E-state index >= 15 is 0 Å². The van der Waals surface area contributed by atoms with Gasteiger partial charge in [-0.2, -0.15) is 0 Å². The number of furan rings is 1. The van der Waals surface area contributed by atoms with E-state index in [-0.39, 0.29) is 11.5 Å². The van der Waals surface area contributed by atoms with E-state index < -0.39 is 6.10 Å². The van der Waals surface area contributed by atoms with Gasteiger partial charge >= 0.3 is 0 Å². The van der Waals surface area contributed by atoms with Gasteiger partial charge in [0, 0.05) is 18.2 Å². The van der Waals surface area contributed by atoms with Crippen LogP contribution in [0.15, 0.2) is 52.9 Å². The molecular weight excluding hydrogens is 464 g/mol. The molecule has 0 spiro atoms. The van der Waals surface area contributed by atoms with Crippen molar-refractivity contribution >= 4 is 28.7 Å². The monoisotopic (exact) mass is 484 g/mol. The van der Waals surface area contributed by atoms with Crippen molar-refractivity contribution in [2.24, 2.45) is 0 Å². The quantitative estimate of drug-likeness (QED) is 0.283. The predicted octanol–water partition coefficient (Wildman–Crippen LogP) is 6.01. The summed E-state index contributed by atoms with van der Waals surface area (Å²) in [5.74, 6) is 1.24. The van der Waals surface area contributed by atoms with Gasteiger partial charge in [-0.1, -0.05) is 47.2 Å². The van der Waals surface area contributed by atoms with E-state index in [1.54, 1.807) is 24.3 Å². The Bertz CT molecular complexity index is 1260. The van der Waals surface area contributed by atoms with Gasteiger partial charge in [0.05, 0.1) is 14.2 Å². The minimum Gasteiger partial charge on any atom is -0.495 e. The van der Waals surface area contributed by atoms with Crippen molar-refractivity contribution in [1.82, 2.24) is 10.2 Å². The first kappa shape index (κ1) is 23.0. The maximum atomic E-state index is 13.2. The maximum absolute atomic E-state index is 13.2. The van der Waals surface area contributed by atoms with Gasteiger partial charge in [0.1, 0.15) is 38.4 Å². The lowest BCUT2D eigenvalue weighted by Crippen LogP contribution is -2.14. The summed E-state index contributed by atoms with van der Waals surface area (Å²) >= 11 is 7.75. The van der Waals surface area contributed by atoms with Crippen molar-refractivity contribution in [3.05, 3.63) is 69.9 Å². The highest BCUT2D eigenvalue weighted by Gasteiger charge is 2.25. The van der Waals surface area contributed by atoms with Crippen molar-refractivity contribution < 1.29 is 23.4 Å². The number of carbonyl (C=O) groups is 1. The Morgan fingerprint density at radius 1 is 0.970 bits per heavy atom. The van der Waals surface area contributed by atoms with Crippen LogP contribution >= 0.6 is 22.9 Å². The van der Waals surface area contributed by atoms with Crippen LogP contribution < -0.4 is 9.47 Å². The molecule has 33 heavy (non-hydrogen) atoms. The number of hydrogen-bond donors (Lipinski definition) is 0. The Hall–Kier alpha value is -3.20. The Balaban J connectivity index is 1.59. The second-order valence-electron chi connectivity index (χ2n) is 7.09. The molecule has 0 amide bonds. The number of ketones is 1. The fraction of sp³-hybridized carbons (Fsp3) is 0.208. The smallest absolute Gasteiger partial charge is 0.231 e. The highest BCUT2D eigenvalue weighted by atomic mass is 35.5. The average Bonchev–Trinajstić information content (AvgIpc) is 3.50. The zero-order chi connectivity index (χ0) is 23.5. The summed E-state index contributed by atoms with van der Waals surface area (Å²) in [5.41, 5.74) is 2.30. The van der Waals surface area contributed by atoms with Gasteiger partial charge in [0.25, 0.3) is 0 Å². The van der Waals surface area contributed by atoms with Crippen LogP contribution in [0.2, 0.25) is 5.02 Å². The SMILES string of the molecule is COc1cc(-c2ccc(C(=O)C(OC)c3ccc(-c4nnc(C)s4)cc3)o2)cc(OC)c1Cl. The summed E-state index contributed by atoms with van der Waals surface area (Å²) in [4.78, 5) is 13.2. The van der Waals surface area contributed by atoms with E-state index in [1.807, 2.05) is 31.2 Å². The van der Waals surface area contributed by atoms with Crippen LogP contribution in [0.4, 0.5) is 0 Å². The van der Waals surface area contributed by atoms with E-state index in [2.05, 4.69) is 10.2 Å². The van der Waals surface area contributed by atoms with Gasteiger partial charge in [0.2, 0.25) is 5.78 Å². The molecule has 2 aromatic carbocycles. The molecule has 2 heterocycles.